The molecule has 0 spiro atoms. The Kier molecular flexibility index (Phi) is 7.03. The normalized spacial score (nSPS) is 15.9. The number of halogens is 1. The topological polar surface area (TPSA) is 56.7 Å². The summed E-state index contributed by atoms with van der Waals surface area (Å²) in [6.45, 7) is 0.646. The Morgan fingerprint density at radius 3 is 2.50 bits per heavy atom. The molecule has 5 nitrogen and oxygen atoms in total. The van der Waals surface area contributed by atoms with Crippen molar-refractivity contribution in [1.82, 2.24) is 15.5 Å². The lowest BCUT2D eigenvalue weighted by Gasteiger charge is -2.25. The third-order valence-electron chi connectivity index (χ3n) is 4.18. The van der Waals surface area contributed by atoms with Crippen LogP contribution in [0.15, 0.2) is 29.3 Å². The number of aliphatic imine (C=N–C) groups is 1. The maximum Gasteiger partial charge on any atom is 0.241 e. The molecule has 2 N–H and O–H groups in total. The minimum Gasteiger partial charge on any atom is -0.354 e. The molecule has 132 valence electrons. The first-order valence-electron chi connectivity index (χ1n) is 8.54. The van der Waals surface area contributed by atoms with Gasteiger partial charge >= 0.3 is 0 Å². The number of nitrogens with one attached hydrogen (secondary N) is 2. The second kappa shape index (κ2) is 9.25. The van der Waals surface area contributed by atoms with Gasteiger partial charge in [0.25, 0.3) is 0 Å². The second-order valence-corrected chi connectivity index (χ2v) is 6.41. The van der Waals surface area contributed by atoms with Crippen LogP contribution in [0.4, 0.5) is 4.39 Å². The van der Waals surface area contributed by atoms with Crippen molar-refractivity contribution in [3.8, 4) is 0 Å². The predicted octanol–water partition coefficient (Wildman–Crippen LogP) is 2.28. The number of guanidine groups is 1. The summed E-state index contributed by atoms with van der Waals surface area (Å²) >= 11 is 0. The molecule has 0 unspecified atom stereocenters. The van der Waals surface area contributed by atoms with Crippen molar-refractivity contribution in [3.05, 3.63) is 35.6 Å². The number of benzene rings is 1. The van der Waals surface area contributed by atoms with Crippen molar-refractivity contribution in [2.45, 2.75) is 44.7 Å². The first-order chi connectivity index (χ1) is 11.5. The lowest BCUT2D eigenvalue weighted by molar-refractivity contribution is -0.127. The number of likely N-dealkylation sites (N-methyl/N-ethyl adjacent to an activating group) is 1. The second-order valence-electron chi connectivity index (χ2n) is 6.41. The van der Waals surface area contributed by atoms with Gasteiger partial charge in [-0.2, -0.15) is 0 Å². The average Bonchev–Trinajstić information content (AvgIpc) is 2.59. The maximum absolute atomic E-state index is 13.0. The fourth-order valence-electron chi connectivity index (χ4n) is 2.67. The summed E-state index contributed by atoms with van der Waals surface area (Å²) in [6, 6.07) is 6.71. The van der Waals surface area contributed by atoms with Gasteiger partial charge in [-0.3, -0.25) is 4.79 Å². The van der Waals surface area contributed by atoms with Crippen LogP contribution >= 0.6 is 0 Å². The van der Waals surface area contributed by atoms with Gasteiger partial charge in [0.05, 0.1) is 13.1 Å². The highest BCUT2D eigenvalue weighted by molar-refractivity contribution is 5.86. The molecule has 2 rings (SSSR count). The van der Waals surface area contributed by atoms with Gasteiger partial charge in [-0.15, -0.1) is 0 Å². The highest BCUT2D eigenvalue weighted by Gasteiger charge is 2.15. The molecule has 1 fully saturated rings. The fraction of sp³-hybridized carbons (Fsp3) is 0.556. The summed E-state index contributed by atoms with van der Waals surface area (Å²) in [5.74, 6) is 0.384. The number of hydrogen-bond acceptors (Lipinski definition) is 2. The van der Waals surface area contributed by atoms with Crippen molar-refractivity contribution in [3.63, 3.8) is 0 Å². The average molecular weight is 334 g/mol. The predicted molar refractivity (Wildman–Crippen MR) is 94.2 cm³/mol. The number of nitrogens with zero attached hydrogens (tertiary/aromatic N) is 2. The van der Waals surface area contributed by atoms with E-state index in [1.54, 1.807) is 31.1 Å². The minimum absolute atomic E-state index is 0.00470. The highest BCUT2D eigenvalue weighted by atomic mass is 19.1. The van der Waals surface area contributed by atoms with E-state index in [4.69, 9.17) is 0 Å². The van der Waals surface area contributed by atoms with Crippen LogP contribution in [0, 0.1) is 5.82 Å². The van der Waals surface area contributed by atoms with Crippen LogP contribution in [0.5, 0.6) is 0 Å². The van der Waals surface area contributed by atoms with E-state index in [9.17, 15) is 9.18 Å². The van der Waals surface area contributed by atoms with E-state index in [0.29, 0.717) is 18.5 Å². The van der Waals surface area contributed by atoms with Gasteiger partial charge < -0.3 is 15.5 Å². The molecular formula is C18H27FN4O. The van der Waals surface area contributed by atoms with Gasteiger partial charge in [0.15, 0.2) is 5.96 Å². The van der Waals surface area contributed by atoms with Crippen LogP contribution in [0.2, 0.25) is 0 Å². The van der Waals surface area contributed by atoms with E-state index in [-0.39, 0.29) is 18.3 Å². The van der Waals surface area contributed by atoms with E-state index >= 15 is 0 Å². The molecule has 0 atom stereocenters. The molecule has 0 aromatic heterocycles. The maximum atomic E-state index is 13.0. The van der Waals surface area contributed by atoms with Gasteiger partial charge in [-0.25, -0.2) is 9.38 Å². The minimum atomic E-state index is -0.252. The van der Waals surface area contributed by atoms with Gasteiger partial charge in [-0.1, -0.05) is 31.4 Å². The molecule has 24 heavy (non-hydrogen) atoms. The summed E-state index contributed by atoms with van der Waals surface area (Å²) in [6.07, 6.45) is 5.98. The molecule has 1 aromatic carbocycles. The SMILES string of the molecule is CN(C)C(=O)CNC(=NCc1ccc(F)cc1)NC1CCCCC1. The molecular weight excluding hydrogens is 307 g/mol. The van der Waals surface area contributed by atoms with Crippen molar-refractivity contribution < 1.29 is 9.18 Å². The Morgan fingerprint density at radius 1 is 1.21 bits per heavy atom. The third kappa shape index (κ3) is 6.18. The molecule has 1 saturated carbocycles. The van der Waals surface area contributed by atoms with Crippen LogP contribution < -0.4 is 10.6 Å². The lowest BCUT2D eigenvalue weighted by atomic mass is 9.96. The van der Waals surface area contributed by atoms with Gasteiger partial charge in [0, 0.05) is 20.1 Å². The molecule has 1 aliphatic carbocycles. The Labute approximate surface area is 143 Å². The van der Waals surface area contributed by atoms with E-state index in [2.05, 4.69) is 15.6 Å². The number of hydrogen-bond donors (Lipinski definition) is 2. The first-order valence-corrected chi connectivity index (χ1v) is 8.54. The molecule has 1 aliphatic rings. The van der Waals surface area contributed by atoms with Crippen molar-refractivity contribution >= 4 is 11.9 Å². The lowest BCUT2D eigenvalue weighted by Crippen LogP contribution is -2.47. The van der Waals surface area contributed by atoms with Crippen LogP contribution in [0.1, 0.15) is 37.7 Å². The van der Waals surface area contributed by atoms with Crippen molar-refractivity contribution in [2.75, 3.05) is 20.6 Å². The fourth-order valence-corrected chi connectivity index (χ4v) is 2.67. The first kappa shape index (κ1) is 18.2. The Hall–Kier alpha value is -2.11. The standard InChI is InChI=1S/C18H27FN4O/c1-23(2)17(24)13-21-18(22-16-6-4-3-5-7-16)20-12-14-8-10-15(19)11-9-14/h8-11,16H,3-7,12-13H2,1-2H3,(H2,20,21,22). The zero-order valence-corrected chi connectivity index (χ0v) is 14.5. The van der Waals surface area contributed by atoms with Crippen LogP contribution in [0.3, 0.4) is 0 Å². The zero-order chi connectivity index (χ0) is 17.4. The molecule has 1 amide bonds. The van der Waals surface area contributed by atoms with Crippen LogP contribution in [0.25, 0.3) is 0 Å². The largest absolute Gasteiger partial charge is 0.354 e. The van der Waals surface area contributed by atoms with E-state index in [0.717, 1.165) is 18.4 Å². The summed E-state index contributed by atoms with van der Waals surface area (Å²) in [5, 5.41) is 6.53. The summed E-state index contributed by atoms with van der Waals surface area (Å²) in [4.78, 5) is 17.9. The number of amides is 1. The van der Waals surface area contributed by atoms with Gasteiger partial charge in [0.1, 0.15) is 5.82 Å². The monoisotopic (exact) mass is 334 g/mol. The Balaban J connectivity index is 1.97. The molecule has 0 aliphatic heterocycles. The molecule has 6 heteroatoms. The Bertz CT molecular complexity index is 551. The number of rotatable bonds is 5. The van der Waals surface area contributed by atoms with Crippen molar-refractivity contribution in [1.29, 1.82) is 0 Å². The van der Waals surface area contributed by atoms with Crippen LogP contribution in [-0.2, 0) is 11.3 Å². The molecule has 1 aromatic rings. The summed E-state index contributed by atoms with van der Waals surface area (Å²) < 4.78 is 13.0. The van der Waals surface area contributed by atoms with Gasteiger partial charge in [-0.05, 0) is 30.5 Å². The van der Waals surface area contributed by atoms with Crippen molar-refractivity contribution in [2.24, 2.45) is 4.99 Å². The smallest absolute Gasteiger partial charge is 0.241 e. The molecule has 0 saturated heterocycles. The van der Waals surface area contributed by atoms with Gasteiger partial charge in [0.2, 0.25) is 5.91 Å². The van der Waals surface area contributed by atoms with E-state index in [1.807, 2.05) is 0 Å². The van der Waals surface area contributed by atoms with Crippen LogP contribution in [-0.4, -0.2) is 43.4 Å². The van der Waals surface area contributed by atoms with E-state index < -0.39 is 0 Å². The highest BCUT2D eigenvalue weighted by Crippen LogP contribution is 2.17. The number of carbonyl (C=O) groups is 1. The Morgan fingerprint density at radius 2 is 1.88 bits per heavy atom. The third-order valence-corrected chi connectivity index (χ3v) is 4.18. The molecule has 0 bridgehead atoms. The summed E-state index contributed by atoms with van der Waals surface area (Å²) in [5.41, 5.74) is 0.931. The summed E-state index contributed by atoms with van der Waals surface area (Å²) in [7, 11) is 3.46. The number of carbonyl (C=O) groups excluding carboxylic acids is 1. The molecule has 0 radical (unpaired) electrons. The van der Waals surface area contributed by atoms with E-state index in [1.165, 1.54) is 31.4 Å². The zero-order valence-electron chi connectivity index (χ0n) is 14.5. The molecule has 0 heterocycles. The quantitative estimate of drug-likeness (QED) is 0.642.